The zero-order valence-corrected chi connectivity index (χ0v) is 29.2. The molecule has 2 heterocycles. The van der Waals surface area contributed by atoms with Gasteiger partial charge in [0.05, 0.1) is 17.6 Å². The average Bonchev–Trinajstić information content (AvgIpc) is 3.67. The van der Waals surface area contributed by atoms with Crippen LogP contribution in [0.4, 0.5) is 0 Å². The number of fused-ring (bicyclic) bond motifs is 6. The first kappa shape index (κ1) is 31.7. The second-order valence-corrected chi connectivity index (χ2v) is 13.6. The first-order valence-corrected chi connectivity index (χ1v) is 18.0. The van der Waals surface area contributed by atoms with E-state index < -0.39 is 0 Å². The molecule has 3 heteroatoms. The number of nitrogens with zero attached hydrogens (tertiary/aromatic N) is 2. The molecule has 0 amide bonds. The maximum atomic E-state index is 6.01. The molecule has 3 nitrogen and oxygen atoms in total. The van der Waals surface area contributed by atoms with Gasteiger partial charge in [-0.1, -0.05) is 78.9 Å². The van der Waals surface area contributed by atoms with Crippen molar-refractivity contribution in [3.63, 3.8) is 0 Å². The third-order valence-electron chi connectivity index (χ3n) is 10.2. The third kappa shape index (κ3) is 5.98. The molecule has 0 radical (unpaired) electrons. The predicted molar refractivity (Wildman–Crippen MR) is 212 cm³/mol. The van der Waals surface area contributed by atoms with E-state index in [2.05, 4.69) is 131 Å². The molecule has 0 unspecified atom stereocenters. The van der Waals surface area contributed by atoms with Gasteiger partial charge >= 0.3 is 0 Å². The lowest BCUT2D eigenvalue weighted by atomic mass is 9.94. The summed E-state index contributed by atoms with van der Waals surface area (Å²) in [6, 6.07) is 33.8. The first-order valence-electron chi connectivity index (χ1n) is 18.0. The maximum absolute atomic E-state index is 6.01. The minimum Gasteiger partial charge on any atom is -0.494 e. The Labute approximate surface area is 295 Å². The van der Waals surface area contributed by atoms with Gasteiger partial charge in [-0.3, -0.25) is 0 Å². The summed E-state index contributed by atoms with van der Waals surface area (Å²) in [4.78, 5) is 0. The van der Waals surface area contributed by atoms with Crippen LogP contribution in [0.3, 0.4) is 0 Å². The van der Waals surface area contributed by atoms with E-state index in [0.717, 1.165) is 49.9 Å². The fourth-order valence-electron chi connectivity index (χ4n) is 7.72. The largest absolute Gasteiger partial charge is 0.494 e. The number of para-hydroxylation sites is 1. The maximum Gasteiger partial charge on any atom is 0.115 e. The Balaban J connectivity index is 1.03. The van der Waals surface area contributed by atoms with Gasteiger partial charge in [0.15, 0.2) is 0 Å². The number of hydrogen-bond donors (Lipinski definition) is 0. The summed E-state index contributed by atoms with van der Waals surface area (Å²) in [6.45, 7) is 8.61. The van der Waals surface area contributed by atoms with Crippen LogP contribution in [0.2, 0.25) is 0 Å². The van der Waals surface area contributed by atoms with Gasteiger partial charge in [-0.05, 0) is 147 Å². The van der Waals surface area contributed by atoms with Crippen LogP contribution in [0.1, 0.15) is 61.2 Å². The highest BCUT2D eigenvalue weighted by Crippen LogP contribution is 2.37. The molecule has 0 N–H and O–H groups in total. The van der Waals surface area contributed by atoms with E-state index in [9.17, 15) is 0 Å². The summed E-state index contributed by atoms with van der Waals surface area (Å²) in [6.07, 6.45) is 21.8. The van der Waals surface area contributed by atoms with Crippen molar-refractivity contribution in [3.8, 4) is 22.5 Å². The van der Waals surface area contributed by atoms with Gasteiger partial charge in [0.25, 0.3) is 0 Å². The summed E-state index contributed by atoms with van der Waals surface area (Å²) >= 11 is 0. The van der Waals surface area contributed by atoms with Crippen molar-refractivity contribution in [3.05, 3.63) is 167 Å². The molecule has 0 spiro atoms. The topological polar surface area (TPSA) is 19.1 Å². The van der Waals surface area contributed by atoms with Gasteiger partial charge < -0.3 is 13.9 Å². The molecule has 8 rings (SSSR count). The molecule has 248 valence electrons. The molecule has 0 saturated carbocycles. The smallest absolute Gasteiger partial charge is 0.115 e. The number of rotatable bonds is 10. The molecule has 2 aliphatic rings. The molecular formula is C47H44N2O. The van der Waals surface area contributed by atoms with Crippen molar-refractivity contribution >= 4 is 34.0 Å². The standard InChI is InChI=1S/C47H44N2O/c1-4-39(29-19-33(2)3)50-31-11-12-34-20-30-47-43(32-34)42-15-7-10-18-46(42)49(47)38-27-23-36(24-28-38)35-21-25-37(26-22-35)48-44-16-8-5-13-40(44)41-14-6-9-17-45(41)48/h4,7-10,15-30,32H,2,5-6,11-14,31H2,1,3H3/b29-19-,39-4+. The third-order valence-corrected chi connectivity index (χ3v) is 10.2. The Morgan fingerprint density at radius 1 is 0.720 bits per heavy atom. The van der Waals surface area contributed by atoms with E-state index >= 15 is 0 Å². The van der Waals surface area contributed by atoms with E-state index in [1.807, 2.05) is 32.1 Å². The number of aromatic nitrogens is 2. The molecule has 0 saturated heterocycles. The minimum absolute atomic E-state index is 0.681. The average molecular weight is 653 g/mol. The van der Waals surface area contributed by atoms with Crippen molar-refractivity contribution in [2.24, 2.45) is 0 Å². The number of benzene rings is 4. The van der Waals surface area contributed by atoms with E-state index in [1.165, 1.54) is 61.3 Å². The van der Waals surface area contributed by atoms with Gasteiger partial charge in [-0.25, -0.2) is 0 Å². The Morgan fingerprint density at radius 3 is 1.98 bits per heavy atom. The molecule has 4 aromatic carbocycles. The number of ether oxygens (including phenoxy) is 1. The Kier molecular flexibility index (Phi) is 8.73. The van der Waals surface area contributed by atoms with Crippen LogP contribution in [-0.2, 0) is 24.0 Å². The molecule has 0 aliphatic heterocycles. The first-order chi connectivity index (χ1) is 24.6. The van der Waals surface area contributed by atoms with Crippen LogP contribution in [0.25, 0.3) is 56.5 Å². The molecule has 2 aromatic heterocycles. The van der Waals surface area contributed by atoms with Crippen LogP contribution in [0.5, 0.6) is 0 Å². The van der Waals surface area contributed by atoms with Gasteiger partial charge in [0, 0.05) is 33.5 Å². The zero-order chi connectivity index (χ0) is 34.0. The van der Waals surface area contributed by atoms with E-state index in [4.69, 9.17) is 4.74 Å². The Morgan fingerprint density at radius 2 is 1.34 bits per heavy atom. The Bertz CT molecular complexity index is 2300. The molecular weight excluding hydrogens is 609 g/mol. The van der Waals surface area contributed by atoms with Gasteiger partial charge in [0.2, 0.25) is 0 Å². The van der Waals surface area contributed by atoms with E-state index in [-0.39, 0.29) is 0 Å². The van der Waals surface area contributed by atoms with Crippen LogP contribution in [-0.4, -0.2) is 15.7 Å². The minimum atomic E-state index is 0.681. The second kappa shape index (κ2) is 13.8. The second-order valence-electron chi connectivity index (χ2n) is 13.6. The number of hydrogen-bond acceptors (Lipinski definition) is 1. The molecule has 0 fully saturated rings. The number of allylic oxidation sites excluding steroid dienone is 6. The summed E-state index contributed by atoms with van der Waals surface area (Å²) in [5.74, 6) is 0.887. The highest BCUT2D eigenvalue weighted by molar-refractivity contribution is 6.09. The van der Waals surface area contributed by atoms with Gasteiger partial charge in [-0.15, -0.1) is 0 Å². The van der Waals surface area contributed by atoms with E-state index in [0.29, 0.717) is 6.61 Å². The summed E-state index contributed by atoms with van der Waals surface area (Å²) in [5.41, 5.74) is 15.5. The predicted octanol–water partition coefficient (Wildman–Crippen LogP) is 12.1. The van der Waals surface area contributed by atoms with Crippen molar-refractivity contribution in [1.82, 2.24) is 9.13 Å². The molecule has 2 aliphatic carbocycles. The van der Waals surface area contributed by atoms with Gasteiger partial charge in [-0.2, -0.15) is 0 Å². The molecule has 0 atom stereocenters. The van der Waals surface area contributed by atoms with Crippen molar-refractivity contribution in [2.75, 3.05) is 6.61 Å². The normalized spacial score (nSPS) is 14.1. The zero-order valence-electron chi connectivity index (χ0n) is 29.2. The van der Waals surface area contributed by atoms with Crippen molar-refractivity contribution in [1.29, 1.82) is 0 Å². The monoisotopic (exact) mass is 652 g/mol. The fourth-order valence-corrected chi connectivity index (χ4v) is 7.72. The van der Waals surface area contributed by atoms with E-state index in [1.54, 1.807) is 11.1 Å². The van der Waals surface area contributed by atoms with Crippen molar-refractivity contribution < 1.29 is 4.74 Å². The summed E-state index contributed by atoms with van der Waals surface area (Å²) in [5, 5.41) is 2.57. The van der Waals surface area contributed by atoms with Crippen LogP contribution in [0, 0.1) is 0 Å². The van der Waals surface area contributed by atoms with Crippen molar-refractivity contribution in [2.45, 2.75) is 52.4 Å². The van der Waals surface area contributed by atoms with Gasteiger partial charge in [0.1, 0.15) is 5.76 Å². The van der Waals surface area contributed by atoms with Crippen LogP contribution < -0.4 is 0 Å². The summed E-state index contributed by atoms with van der Waals surface area (Å²) in [7, 11) is 0. The molecule has 6 aromatic rings. The number of aryl methyl sites for hydroxylation is 1. The lowest BCUT2D eigenvalue weighted by Crippen LogP contribution is -2.02. The molecule has 50 heavy (non-hydrogen) atoms. The quantitative estimate of drug-likeness (QED) is 0.0819. The van der Waals surface area contributed by atoms with Crippen LogP contribution in [0.15, 0.2) is 139 Å². The molecule has 0 bridgehead atoms. The highest BCUT2D eigenvalue weighted by Gasteiger charge is 2.23. The SMILES string of the molecule is C=C(C)/C=C\C(=C/C)OCCCc1ccc2c(c1)c1ccccc1n2-c1ccc(-c2ccc(-n3c4c(c5c3C=CCC5)CCC=C4)cc2)cc1. The lowest BCUT2D eigenvalue weighted by Gasteiger charge is -2.14. The fraction of sp³-hybridized carbons (Fsp3) is 0.191. The lowest BCUT2D eigenvalue weighted by molar-refractivity contribution is 0.220. The Hall–Kier alpha value is -5.54. The summed E-state index contributed by atoms with van der Waals surface area (Å²) < 4.78 is 10.9. The van der Waals surface area contributed by atoms with Crippen LogP contribution >= 0.6 is 0 Å². The highest BCUT2D eigenvalue weighted by atomic mass is 16.5.